The third-order valence-corrected chi connectivity index (χ3v) is 2.81. The van der Waals surface area contributed by atoms with Crippen molar-refractivity contribution in [2.75, 3.05) is 11.9 Å². The number of anilines is 1. The van der Waals surface area contributed by atoms with E-state index in [4.69, 9.17) is 0 Å². The molecule has 1 rings (SSSR count). The Hall–Kier alpha value is -1.38. The fourth-order valence-electron chi connectivity index (χ4n) is 1.50. The number of carbonyl (C=O) groups is 1. The number of hydrogen-bond donors (Lipinski definition) is 1. The van der Waals surface area contributed by atoms with Crippen LogP contribution in [0.2, 0.25) is 0 Å². The molecule has 0 aromatic carbocycles. The predicted octanol–water partition coefficient (Wildman–Crippen LogP) is 3.38. The van der Waals surface area contributed by atoms with Crippen molar-refractivity contribution in [3.8, 4) is 0 Å². The molecule has 3 heteroatoms. The molecule has 0 amide bonds. The minimum Gasteiger partial charge on any atom is -0.369 e. The maximum Gasteiger partial charge on any atom is 0.169 e. The first-order valence-electron chi connectivity index (χ1n) is 6.29. The number of nitrogens with one attached hydrogen (secondary N) is 1. The van der Waals surface area contributed by atoms with Crippen molar-refractivity contribution in [1.29, 1.82) is 0 Å². The normalized spacial score (nSPS) is 12.5. The summed E-state index contributed by atoms with van der Waals surface area (Å²) in [6, 6.07) is 3.67. The molecule has 0 aliphatic heterocycles. The van der Waals surface area contributed by atoms with Crippen molar-refractivity contribution >= 4 is 11.6 Å². The molecule has 0 spiro atoms. The number of pyridine rings is 1. The van der Waals surface area contributed by atoms with E-state index >= 15 is 0 Å². The van der Waals surface area contributed by atoms with Gasteiger partial charge in [0.2, 0.25) is 0 Å². The molecule has 1 heterocycles. The fourth-order valence-corrected chi connectivity index (χ4v) is 1.50. The summed E-state index contributed by atoms with van der Waals surface area (Å²) in [5.74, 6) is 1.47. The maximum absolute atomic E-state index is 12.2. The average Bonchev–Trinajstić information content (AvgIpc) is 2.34. The van der Waals surface area contributed by atoms with Crippen LogP contribution in [0, 0.1) is 11.8 Å². The molecule has 0 aliphatic carbocycles. The van der Waals surface area contributed by atoms with Gasteiger partial charge in [-0.3, -0.25) is 4.79 Å². The van der Waals surface area contributed by atoms with Gasteiger partial charge in [0.25, 0.3) is 0 Å². The lowest BCUT2D eigenvalue weighted by Crippen LogP contribution is -2.16. The van der Waals surface area contributed by atoms with Crippen molar-refractivity contribution in [2.24, 2.45) is 11.8 Å². The number of aromatic nitrogens is 1. The van der Waals surface area contributed by atoms with Crippen molar-refractivity contribution in [2.45, 2.75) is 34.1 Å². The summed E-state index contributed by atoms with van der Waals surface area (Å²) >= 11 is 0. The Labute approximate surface area is 104 Å². The second kappa shape index (κ2) is 6.38. The van der Waals surface area contributed by atoms with Gasteiger partial charge in [-0.25, -0.2) is 4.98 Å². The zero-order chi connectivity index (χ0) is 12.8. The highest BCUT2D eigenvalue weighted by Gasteiger charge is 2.17. The lowest BCUT2D eigenvalue weighted by Gasteiger charge is -2.14. The van der Waals surface area contributed by atoms with E-state index in [9.17, 15) is 4.79 Å². The topological polar surface area (TPSA) is 42.0 Å². The first kappa shape index (κ1) is 13.7. The van der Waals surface area contributed by atoms with Crippen molar-refractivity contribution in [3.63, 3.8) is 0 Å². The Morgan fingerprint density at radius 2 is 2.12 bits per heavy atom. The quantitative estimate of drug-likeness (QED) is 0.767. The second-order valence-electron chi connectivity index (χ2n) is 4.85. The van der Waals surface area contributed by atoms with Crippen LogP contribution in [0.15, 0.2) is 18.3 Å². The molecule has 1 atom stereocenters. The fraction of sp³-hybridized carbons (Fsp3) is 0.571. The number of rotatable bonds is 6. The Morgan fingerprint density at radius 1 is 1.41 bits per heavy atom. The van der Waals surface area contributed by atoms with Crippen LogP contribution in [-0.4, -0.2) is 17.3 Å². The number of Topliss-reactive ketones (excluding diaryl/α,β-unsaturated/α-hetero) is 1. The maximum atomic E-state index is 12.2. The van der Waals surface area contributed by atoms with Crippen LogP contribution in [0.4, 0.5) is 5.82 Å². The molecule has 1 N–H and O–H groups in total. The van der Waals surface area contributed by atoms with Gasteiger partial charge in [0.1, 0.15) is 5.82 Å². The first-order valence-corrected chi connectivity index (χ1v) is 6.29. The summed E-state index contributed by atoms with van der Waals surface area (Å²) in [5, 5.41) is 3.24. The largest absolute Gasteiger partial charge is 0.369 e. The highest BCUT2D eigenvalue weighted by molar-refractivity contribution is 6.01. The molecule has 94 valence electrons. The van der Waals surface area contributed by atoms with Gasteiger partial charge >= 0.3 is 0 Å². The van der Waals surface area contributed by atoms with E-state index in [2.05, 4.69) is 24.1 Å². The van der Waals surface area contributed by atoms with Crippen LogP contribution < -0.4 is 5.32 Å². The van der Waals surface area contributed by atoms with E-state index in [0.29, 0.717) is 17.3 Å². The van der Waals surface area contributed by atoms with Crippen molar-refractivity contribution in [3.05, 3.63) is 23.9 Å². The molecule has 17 heavy (non-hydrogen) atoms. The number of carbonyl (C=O) groups excluding carboxylic acids is 1. The Morgan fingerprint density at radius 3 is 2.71 bits per heavy atom. The van der Waals surface area contributed by atoms with Gasteiger partial charge in [-0.15, -0.1) is 0 Å². The van der Waals surface area contributed by atoms with Crippen LogP contribution in [-0.2, 0) is 0 Å². The summed E-state index contributed by atoms with van der Waals surface area (Å²) in [7, 11) is 0. The lowest BCUT2D eigenvalue weighted by atomic mass is 9.97. The van der Waals surface area contributed by atoms with Gasteiger partial charge in [-0.1, -0.05) is 27.7 Å². The minimum atomic E-state index is 0.0544. The third-order valence-electron chi connectivity index (χ3n) is 2.81. The second-order valence-corrected chi connectivity index (χ2v) is 4.85. The molecule has 0 aliphatic rings. The van der Waals surface area contributed by atoms with E-state index in [1.165, 1.54) is 0 Å². The molecule has 1 aromatic heterocycles. The SMILES string of the molecule is CCC(C)C(=O)c1cccnc1NCC(C)C. The predicted molar refractivity (Wildman–Crippen MR) is 71.4 cm³/mol. The van der Waals surface area contributed by atoms with Gasteiger partial charge in [-0.2, -0.15) is 0 Å². The summed E-state index contributed by atoms with van der Waals surface area (Å²) < 4.78 is 0. The van der Waals surface area contributed by atoms with E-state index < -0.39 is 0 Å². The number of ketones is 1. The van der Waals surface area contributed by atoms with Crippen LogP contribution in [0.1, 0.15) is 44.5 Å². The summed E-state index contributed by atoms with van der Waals surface area (Å²) in [4.78, 5) is 16.4. The molecule has 0 radical (unpaired) electrons. The molecule has 0 fully saturated rings. The molecule has 1 unspecified atom stereocenters. The average molecular weight is 234 g/mol. The highest BCUT2D eigenvalue weighted by atomic mass is 16.1. The highest BCUT2D eigenvalue weighted by Crippen LogP contribution is 2.18. The summed E-state index contributed by atoms with van der Waals surface area (Å²) in [6.45, 7) is 9.08. The van der Waals surface area contributed by atoms with Gasteiger partial charge in [0.15, 0.2) is 5.78 Å². The van der Waals surface area contributed by atoms with E-state index in [-0.39, 0.29) is 11.7 Å². The monoisotopic (exact) mass is 234 g/mol. The number of nitrogens with zero attached hydrogens (tertiary/aromatic N) is 1. The zero-order valence-corrected chi connectivity index (χ0v) is 11.2. The Balaban J connectivity index is 2.87. The van der Waals surface area contributed by atoms with Gasteiger partial charge < -0.3 is 5.32 Å². The van der Waals surface area contributed by atoms with Crippen LogP contribution in [0.25, 0.3) is 0 Å². The molecule has 3 nitrogen and oxygen atoms in total. The van der Waals surface area contributed by atoms with E-state index in [1.807, 2.05) is 26.0 Å². The molecule has 0 saturated heterocycles. The van der Waals surface area contributed by atoms with Crippen LogP contribution >= 0.6 is 0 Å². The lowest BCUT2D eigenvalue weighted by molar-refractivity contribution is 0.0928. The van der Waals surface area contributed by atoms with Gasteiger partial charge in [-0.05, 0) is 24.5 Å². The van der Waals surface area contributed by atoms with Gasteiger partial charge in [0, 0.05) is 18.7 Å². The molecular formula is C14H22N2O. The smallest absolute Gasteiger partial charge is 0.169 e. The first-order chi connectivity index (χ1) is 8.06. The van der Waals surface area contributed by atoms with Crippen LogP contribution in [0.3, 0.4) is 0 Å². The van der Waals surface area contributed by atoms with Crippen LogP contribution in [0.5, 0.6) is 0 Å². The Bertz CT molecular complexity index is 374. The molecule has 1 aromatic rings. The van der Waals surface area contributed by atoms with Crippen molar-refractivity contribution < 1.29 is 4.79 Å². The molecule has 0 saturated carbocycles. The van der Waals surface area contributed by atoms with E-state index in [0.717, 1.165) is 13.0 Å². The van der Waals surface area contributed by atoms with Gasteiger partial charge in [0.05, 0.1) is 5.56 Å². The third kappa shape index (κ3) is 3.84. The standard InChI is InChI=1S/C14H22N2O/c1-5-11(4)13(17)12-7-6-8-15-14(12)16-9-10(2)3/h6-8,10-11H,5,9H2,1-4H3,(H,15,16). The van der Waals surface area contributed by atoms with Crippen molar-refractivity contribution in [1.82, 2.24) is 4.98 Å². The molecule has 0 bridgehead atoms. The minimum absolute atomic E-state index is 0.0544. The summed E-state index contributed by atoms with van der Waals surface area (Å²) in [5.41, 5.74) is 0.711. The molecular weight excluding hydrogens is 212 g/mol. The number of hydrogen-bond acceptors (Lipinski definition) is 3. The summed E-state index contributed by atoms with van der Waals surface area (Å²) in [6.07, 6.45) is 2.58. The van der Waals surface area contributed by atoms with E-state index in [1.54, 1.807) is 6.20 Å². The Kier molecular flexibility index (Phi) is 5.13. The zero-order valence-electron chi connectivity index (χ0n) is 11.2.